The second kappa shape index (κ2) is 3.33. The van der Waals surface area contributed by atoms with E-state index in [0.717, 1.165) is 12.7 Å². The maximum Gasteiger partial charge on any atom is 0.142 e. The molecule has 0 aromatic carbocycles. The van der Waals surface area contributed by atoms with Gasteiger partial charge in [-0.1, -0.05) is 37.3 Å². The molecule has 0 aromatic rings. The normalized spacial score (nSPS) is 29.5. The fraction of sp³-hybridized carbons (Fsp3) is 0.300. The Morgan fingerprint density at radius 2 is 2.27 bits per heavy atom. The highest BCUT2D eigenvalue weighted by atomic mass is 16.1. The Morgan fingerprint density at radius 1 is 1.45 bits per heavy atom. The van der Waals surface area contributed by atoms with Crippen LogP contribution in [0, 0.1) is 5.41 Å². The average Bonchev–Trinajstić information content (AvgIpc) is 2.03. The van der Waals surface area contributed by atoms with Crippen LogP contribution in [0.4, 0.5) is 0 Å². The highest BCUT2D eigenvalue weighted by molar-refractivity contribution is 5.65. The van der Waals surface area contributed by atoms with E-state index in [2.05, 4.69) is 19.1 Å². The Kier molecular flexibility index (Phi) is 2.42. The molecule has 0 aromatic heterocycles. The molecule has 0 saturated carbocycles. The van der Waals surface area contributed by atoms with Gasteiger partial charge in [0.25, 0.3) is 0 Å². The molecule has 0 fully saturated rings. The van der Waals surface area contributed by atoms with E-state index >= 15 is 0 Å². The van der Waals surface area contributed by atoms with Crippen LogP contribution < -0.4 is 0 Å². The van der Waals surface area contributed by atoms with Gasteiger partial charge in [-0.15, -0.1) is 0 Å². The highest BCUT2D eigenvalue weighted by Gasteiger charge is 2.15. The lowest BCUT2D eigenvalue weighted by Crippen LogP contribution is -2.09. The van der Waals surface area contributed by atoms with Crippen LogP contribution in [0.1, 0.15) is 13.3 Å². The zero-order valence-corrected chi connectivity index (χ0v) is 6.66. The molecule has 1 nitrogen and oxygen atoms in total. The number of carbonyl (C=O) groups excluding carboxylic acids is 1. The lowest BCUT2D eigenvalue weighted by Gasteiger charge is -2.21. The molecule has 0 amide bonds. The van der Waals surface area contributed by atoms with Crippen molar-refractivity contribution >= 4 is 6.29 Å². The summed E-state index contributed by atoms with van der Waals surface area (Å²) in [5, 5.41) is 0. The Hall–Kier alpha value is -1.11. The van der Waals surface area contributed by atoms with Gasteiger partial charge >= 0.3 is 0 Å². The molecule has 0 saturated heterocycles. The fourth-order valence-electron chi connectivity index (χ4n) is 1.13. The summed E-state index contributed by atoms with van der Waals surface area (Å²) in [5.74, 6) is 0. The van der Waals surface area contributed by atoms with Gasteiger partial charge in [-0.3, -0.25) is 4.79 Å². The van der Waals surface area contributed by atoms with Crippen LogP contribution in [-0.2, 0) is 4.79 Å². The number of aldehydes is 1. The van der Waals surface area contributed by atoms with Crippen LogP contribution in [0.3, 0.4) is 0 Å². The number of hydrogen-bond acceptors (Lipinski definition) is 1. The van der Waals surface area contributed by atoms with Crippen molar-refractivity contribution < 1.29 is 4.79 Å². The Labute approximate surface area is 67.1 Å². The van der Waals surface area contributed by atoms with Gasteiger partial charge in [-0.05, 0) is 12.5 Å². The molecule has 1 aliphatic rings. The van der Waals surface area contributed by atoms with Gasteiger partial charge in [0.05, 0.1) is 0 Å². The number of carbonyl (C=O) groups is 1. The SMILES string of the molecule is CC1(/C=C/C=O)C=CC=CC1. The molecule has 0 spiro atoms. The molecule has 0 radical (unpaired) electrons. The van der Waals surface area contributed by atoms with Crippen LogP contribution in [0.5, 0.6) is 0 Å². The van der Waals surface area contributed by atoms with Gasteiger partial charge < -0.3 is 0 Å². The van der Waals surface area contributed by atoms with Crippen molar-refractivity contribution in [3.8, 4) is 0 Å². The van der Waals surface area contributed by atoms with Crippen molar-refractivity contribution in [1.82, 2.24) is 0 Å². The van der Waals surface area contributed by atoms with E-state index in [9.17, 15) is 4.79 Å². The van der Waals surface area contributed by atoms with Gasteiger partial charge in [-0.25, -0.2) is 0 Å². The topological polar surface area (TPSA) is 17.1 Å². The van der Waals surface area contributed by atoms with Crippen molar-refractivity contribution in [3.05, 3.63) is 36.5 Å². The largest absolute Gasteiger partial charge is 0.299 e. The molecule has 58 valence electrons. The first-order chi connectivity index (χ1) is 5.27. The quantitative estimate of drug-likeness (QED) is 0.433. The lowest BCUT2D eigenvalue weighted by molar-refractivity contribution is -0.104. The van der Waals surface area contributed by atoms with E-state index in [0.29, 0.717) is 0 Å². The van der Waals surface area contributed by atoms with Crippen molar-refractivity contribution in [2.75, 3.05) is 0 Å². The predicted octanol–water partition coefficient (Wildman–Crippen LogP) is 2.26. The molecule has 1 unspecified atom stereocenters. The van der Waals surface area contributed by atoms with Crippen molar-refractivity contribution in [3.63, 3.8) is 0 Å². The first-order valence-corrected chi connectivity index (χ1v) is 3.74. The monoisotopic (exact) mass is 148 g/mol. The van der Waals surface area contributed by atoms with E-state index in [1.165, 1.54) is 0 Å². The molecule has 1 aliphatic carbocycles. The van der Waals surface area contributed by atoms with E-state index in [-0.39, 0.29) is 5.41 Å². The van der Waals surface area contributed by atoms with E-state index in [1.807, 2.05) is 18.2 Å². The van der Waals surface area contributed by atoms with Gasteiger partial charge in [0, 0.05) is 5.41 Å². The molecule has 0 heterocycles. The third-order valence-electron chi connectivity index (χ3n) is 1.84. The Bertz CT molecular complexity index is 223. The number of hydrogen-bond donors (Lipinski definition) is 0. The molecular weight excluding hydrogens is 136 g/mol. The van der Waals surface area contributed by atoms with Gasteiger partial charge in [0.15, 0.2) is 0 Å². The van der Waals surface area contributed by atoms with Crippen molar-refractivity contribution in [1.29, 1.82) is 0 Å². The Morgan fingerprint density at radius 3 is 2.82 bits per heavy atom. The third kappa shape index (κ3) is 2.19. The second-order valence-corrected chi connectivity index (χ2v) is 2.99. The summed E-state index contributed by atoms with van der Waals surface area (Å²) in [4.78, 5) is 10.1. The van der Waals surface area contributed by atoms with Crippen LogP contribution >= 0.6 is 0 Å². The molecule has 11 heavy (non-hydrogen) atoms. The summed E-state index contributed by atoms with van der Waals surface area (Å²) in [5.41, 5.74) is 0.0513. The summed E-state index contributed by atoms with van der Waals surface area (Å²) in [6, 6.07) is 0. The lowest BCUT2D eigenvalue weighted by atomic mass is 9.83. The minimum atomic E-state index is 0.0513. The number of rotatable bonds is 2. The standard InChI is InChI=1S/C10H12O/c1-10(8-5-9-11)6-3-2-4-7-10/h2-6,8-9H,7H2,1H3/b8-5+. The zero-order chi connectivity index (χ0) is 8.16. The molecule has 0 aliphatic heterocycles. The van der Waals surface area contributed by atoms with Crippen LogP contribution in [0.25, 0.3) is 0 Å². The van der Waals surface area contributed by atoms with Crippen LogP contribution in [0.2, 0.25) is 0 Å². The van der Waals surface area contributed by atoms with Crippen molar-refractivity contribution in [2.24, 2.45) is 5.41 Å². The Balaban J connectivity index is 2.67. The molecule has 1 heteroatoms. The van der Waals surface area contributed by atoms with Crippen molar-refractivity contribution in [2.45, 2.75) is 13.3 Å². The molecule has 1 atom stereocenters. The van der Waals surface area contributed by atoms with Crippen LogP contribution in [0.15, 0.2) is 36.5 Å². The first-order valence-electron chi connectivity index (χ1n) is 3.74. The maximum absolute atomic E-state index is 10.1. The number of allylic oxidation sites excluding steroid dienone is 6. The summed E-state index contributed by atoms with van der Waals surface area (Å²) >= 11 is 0. The average molecular weight is 148 g/mol. The minimum Gasteiger partial charge on any atom is -0.299 e. The third-order valence-corrected chi connectivity index (χ3v) is 1.84. The summed E-state index contributed by atoms with van der Waals surface area (Å²) in [7, 11) is 0. The minimum absolute atomic E-state index is 0.0513. The molecule has 0 N–H and O–H groups in total. The second-order valence-electron chi connectivity index (χ2n) is 2.99. The van der Waals surface area contributed by atoms with Gasteiger partial charge in [0.2, 0.25) is 0 Å². The summed E-state index contributed by atoms with van der Waals surface area (Å²) < 4.78 is 0. The molecule has 0 bridgehead atoms. The maximum atomic E-state index is 10.1. The van der Waals surface area contributed by atoms with E-state index < -0.39 is 0 Å². The van der Waals surface area contributed by atoms with Gasteiger partial charge in [0.1, 0.15) is 6.29 Å². The van der Waals surface area contributed by atoms with Gasteiger partial charge in [-0.2, -0.15) is 0 Å². The summed E-state index contributed by atoms with van der Waals surface area (Å²) in [6.07, 6.45) is 13.5. The fourth-order valence-corrected chi connectivity index (χ4v) is 1.13. The van der Waals surface area contributed by atoms with E-state index in [4.69, 9.17) is 0 Å². The zero-order valence-electron chi connectivity index (χ0n) is 6.66. The highest BCUT2D eigenvalue weighted by Crippen LogP contribution is 2.27. The smallest absolute Gasteiger partial charge is 0.142 e. The van der Waals surface area contributed by atoms with E-state index in [1.54, 1.807) is 6.08 Å². The predicted molar refractivity (Wildman–Crippen MR) is 46.2 cm³/mol. The van der Waals surface area contributed by atoms with Crippen LogP contribution in [-0.4, -0.2) is 6.29 Å². The first kappa shape index (κ1) is 7.99. The molecule has 1 rings (SSSR count). The molecular formula is C10H12O. The summed E-state index contributed by atoms with van der Waals surface area (Å²) in [6.45, 7) is 2.10.